The van der Waals surface area contributed by atoms with Crippen LogP contribution in [0.15, 0.2) is 77.7 Å². The maximum Gasteiger partial charge on any atom is 0.264 e. The van der Waals surface area contributed by atoms with Crippen LogP contribution in [0.1, 0.15) is 36.5 Å². The average molecular weight is 437 g/mol. The zero-order valence-corrected chi connectivity index (χ0v) is 19.1. The van der Waals surface area contributed by atoms with Crippen molar-refractivity contribution in [3.63, 3.8) is 0 Å². The fraction of sp³-hybridized carbons (Fsp3) is 0.240. The lowest BCUT2D eigenvalue weighted by Gasteiger charge is -2.26. The first-order valence-electron chi connectivity index (χ1n) is 10.2. The molecule has 0 saturated carbocycles. The van der Waals surface area contributed by atoms with Crippen LogP contribution in [-0.4, -0.2) is 20.9 Å². The molecule has 0 aliphatic carbocycles. The zero-order chi connectivity index (χ0) is 22.6. The van der Waals surface area contributed by atoms with Crippen molar-refractivity contribution in [2.24, 2.45) is 0 Å². The van der Waals surface area contributed by atoms with Crippen LogP contribution in [0, 0.1) is 13.8 Å². The van der Waals surface area contributed by atoms with E-state index < -0.39 is 15.9 Å². The first-order chi connectivity index (χ1) is 14.7. The molecule has 6 heteroatoms. The molecule has 3 rings (SSSR count). The SMILES string of the molecule is Cc1cccc(N(CC(=O)Nc2ccc(C(C)C)cc2)S(=O)(=O)c2ccccc2)c1C. The number of nitrogens with one attached hydrogen (secondary N) is 1. The van der Waals surface area contributed by atoms with Crippen LogP contribution in [0.5, 0.6) is 0 Å². The first-order valence-corrected chi connectivity index (χ1v) is 11.7. The number of sulfonamides is 1. The third-order valence-corrected chi connectivity index (χ3v) is 7.10. The molecule has 0 aromatic heterocycles. The van der Waals surface area contributed by atoms with Gasteiger partial charge in [0.25, 0.3) is 10.0 Å². The molecule has 162 valence electrons. The molecule has 1 amide bonds. The van der Waals surface area contributed by atoms with E-state index in [4.69, 9.17) is 0 Å². The Balaban J connectivity index is 1.93. The zero-order valence-electron chi connectivity index (χ0n) is 18.3. The van der Waals surface area contributed by atoms with Crippen LogP contribution in [0.3, 0.4) is 0 Å². The molecule has 0 heterocycles. The highest BCUT2D eigenvalue weighted by Gasteiger charge is 2.28. The Morgan fingerprint density at radius 2 is 1.55 bits per heavy atom. The van der Waals surface area contributed by atoms with Crippen molar-refractivity contribution in [3.05, 3.63) is 89.5 Å². The standard InChI is InChI=1S/C25H28N2O3S/c1-18(2)21-13-15-22(16-14-21)26-25(28)17-27(24-12-8-9-19(3)20(24)4)31(29,30)23-10-6-5-7-11-23/h5-16,18H,17H2,1-4H3,(H,26,28). The first kappa shape index (κ1) is 22.6. The van der Waals surface area contributed by atoms with Gasteiger partial charge in [-0.3, -0.25) is 9.10 Å². The van der Waals surface area contributed by atoms with E-state index >= 15 is 0 Å². The second-order valence-electron chi connectivity index (χ2n) is 7.87. The summed E-state index contributed by atoms with van der Waals surface area (Å²) in [6.45, 7) is 7.66. The van der Waals surface area contributed by atoms with E-state index in [9.17, 15) is 13.2 Å². The van der Waals surface area contributed by atoms with Crippen LogP contribution in [-0.2, 0) is 14.8 Å². The Morgan fingerprint density at radius 3 is 2.16 bits per heavy atom. The molecule has 0 aliphatic heterocycles. The molecule has 0 atom stereocenters. The van der Waals surface area contributed by atoms with Gasteiger partial charge in [-0.1, -0.05) is 56.3 Å². The number of hydrogen-bond acceptors (Lipinski definition) is 3. The number of rotatable bonds is 7. The minimum Gasteiger partial charge on any atom is -0.325 e. The van der Waals surface area contributed by atoms with E-state index in [1.807, 2.05) is 44.2 Å². The van der Waals surface area contributed by atoms with Gasteiger partial charge >= 0.3 is 0 Å². The normalized spacial score (nSPS) is 11.4. The second kappa shape index (κ2) is 9.35. The number of nitrogens with zero attached hydrogens (tertiary/aromatic N) is 1. The molecule has 3 aromatic rings. The molecule has 0 aliphatic rings. The molecular formula is C25H28N2O3S. The topological polar surface area (TPSA) is 66.5 Å². The minimum atomic E-state index is -3.93. The summed E-state index contributed by atoms with van der Waals surface area (Å²) in [5.41, 5.74) is 4.06. The number of benzene rings is 3. The molecule has 31 heavy (non-hydrogen) atoms. The van der Waals surface area contributed by atoms with Crippen LogP contribution in [0.25, 0.3) is 0 Å². The molecule has 5 nitrogen and oxygen atoms in total. The van der Waals surface area contributed by atoms with Crippen LogP contribution >= 0.6 is 0 Å². The van der Waals surface area contributed by atoms with E-state index in [2.05, 4.69) is 19.2 Å². The maximum atomic E-state index is 13.4. The fourth-order valence-electron chi connectivity index (χ4n) is 3.31. The van der Waals surface area contributed by atoms with Crippen molar-refractivity contribution < 1.29 is 13.2 Å². The van der Waals surface area contributed by atoms with E-state index in [1.54, 1.807) is 30.3 Å². The van der Waals surface area contributed by atoms with Crippen LogP contribution in [0.4, 0.5) is 11.4 Å². The largest absolute Gasteiger partial charge is 0.325 e. The predicted octanol–water partition coefficient (Wildman–Crippen LogP) is 5.26. The summed E-state index contributed by atoms with van der Waals surface area (Å²) < 4.78 is 28.1. The number of anilines is 2. The quantitative estimate of drug-likeness (QED) is 0.549. The third-order valence-electron chi connectivity index (χ3n) is 5.32. The Hall–Kier alpha value is -3.12. The van der Waals surface area contributed by atoms with Gasteiger partial charge in [0.1, 0.15) is 6.54 Å². The number of amides is 1. The molecule has 1 N–H and O–H groups in total. The fourth-order valence-corrected chi connectivity index (χ4v) is 4.81. The van der Waals surface area contributed by atoms with Gasteiger partial charge in [0.05, 0.1) is 10.6 Å². The number of carbonyl (C=O) groups is 1. The van der Waals surface area contributed by atoms with Crippen molar-refractivity contribution >= 4 is 27.3 Å². The van der Waals surface area contributed by atoms with Gasteiger partial charge in [0.2, 0.25) is 5.91 Å². The summed E-state index contributed by atoms with van der Waals surface area (Å²) in [5, 5.41) is 2.82. The molecule has 0 spiro atoms. The lowest BCUT2D eigenvalue weighted by molar-refractivity contribution is -0.114. The summed E-state index contributed by atoms with van der Waals surface area (Å²) in [6.07, 6.45) is 0. The van der Waals surface area contributed by atoms with Crippen molar-refractivity contribution in [1.82, 2.24) is 0 Å². The van der Waals surface area contributed by atoms with Gasteiger partial charge in [-0.15, -0.1) is 0 Å². The van der Waals surface area contributed by atoms with Crippen LogP contribution < -0.4 is 9.62 Å². The lowest BCUT2D eigenvalue weighted by atomic mass is 10.0. The van der Waals surface area contributed by atoms with Crippen molar-refractivity contribution in [2.75, 3.05) is 16.2 Å². The van der Waals surface area contributed by atoms with E-state index in [-0.39, 0.29) is 11.4 Å². The molecule has 0 radical (unpaired) electrons. The van der Waals surface area contributed by atoms with E-state index in [0.29, 0.717) is 17.3 Å². The highest BCUT2D eigenvalue weighted by Crippen LogP contribution is 2.28. The number of carbonyl (C=O) groups excluding carboxylic acids is 1. The lowest BCUT2D eigenvalue weighted by Crippen LogP contribution is -2.38. The molecule has 0 fully saturated rings. The van der Waals surface area contributed by atoms with Crippen molar-refractivity contribution in [3.8, 4) is 0 Å². The average Bonchev–Trinajstić information content (AvgIpc) is 2.75. The van der Waals surface area contributed by atoms with Gasteiger partial charge in [0.15, 0.2) is 0 Å². The van der Waals surface area contributed by atoms with Crippen molar-refractivity contribution in [1.29, 1.82) is 0 Å². The predicted molar refractivity (Wildman–Crippen MR) is 126 cm³/mol. The summed E-state index contributed by atoms with van der Waals surface area (Å²) in [6, 6.07) is 21.2. The molecule has 0 bridgehead atoms. The van der Waals surface area contributed by atoms with Gasteiger partial charge in [-0.05, 0) is 66.8 Å². The Bertz CT molecular complexity index is 1160. The smallest absolute Gasteiger partial charge is 0.264 e. The van der Waals surface area contributed by atoms with Gasteiger partial charge in [-0.25, -0.2) is 8.42 Å². The molecular weight excluding hydrogens is 408 g/mol. The summed E-state index contributed by atoms with van der Waals surface area (Å²) in [4.78, 5) is 13.0. The number of hydrogen-bond donors (Lipinski definition) is 1. The third kappa shape index (κ3) is 5.14. The maximum absolute atomic E-state index is 13.4. The van der Waals surface area contributed by atoms with E-state index in [0.717, 1.165) is 11.1 Å². The summed E-state index contributed by atoms with van der Waals surface area (Å²) >= 11 is 0. The monoisotopic (exact) mass is 436 g/mol. The molecule has 0 saturated heterocycles. The Labute approximate surface area is 184 Å². The summed E-state index contributed by atoms with van der Waals surface area (Å²) in [7, 11) is -3.93. The van der Waals surface area contributed by atoms with Crippen molar-refractivity contribution in [2.45, 2.75) is 38.5 Å². The van der Waals surface area contributed by atoms with Gasteiger partial charge in [-0.2, -0.15) is 0 Å². The van der Waals surface area contributed by atoms with Crippen LogP contribution in [0.2, 0.25) is 0 Å². The second-order valence-corrected chi connectivity index (χ2v) is 9.73. The summed E-state index contributed by atoms with van der Waals surface area (Å²) in [5.74, 6) is -0.0155. The highest BCUT2D eigenvalue weighted by molar-refractivity contribution is 7.92. The highest BCUT2D eigenvalue weighted by atomic mass is 32.2. The Morgan fingerprint density at radius 1 is 0.903 bits per heavy atom. The Kier molecular flexibility index (Phi) is 6.81. The number of aryl methyl sites for hydroxylation is 1. The van der Waals surface area contributed by atoms with E-state index in [1.165, 1.54) is 22.0 Å². The minimum absolute atomic E-state index is 0.144. The molecule has 3 aromatic carbocycles. The van der Waals surface area contributed by atoms with Gasteiger partial charge in [0, 0.05) is 5.69 Å². The van der Waals surface area contributed by atoms with Gasteiger partial charge < -0.3 is 5.32 Å². The molecule has 0 unspecified atom stereocenters.